The van der Waals surface area contributed by atoms with Crippen LogP contribution < -0.4 is 0 Å². The average molecular weight is 512 g/mol. The molecule has 1 aromatic carbocycles. The van der Waals surface area contributed by atoms with Crippen molar-refractivity contribution >= 4 is 33.6 Å². The Labute approximate surface area is 216 Å². The number of nitrogens with zero attached hydrogens (tertiary/aromatic N) is 1. The monoisotopic (exact) mass is 511 g/mol. The minimum atomic E-state index is -0.844. The Morgan fingerprint density at radius 3 is 2.61 bits per heavy atom. The van der Waals surface area contributed by atoms with Crippen LogP contribution in [0.3, 0.4) is 0 Å². The Kier molecular flexibility index (Phi) is 7.64. The summed E-state index contributed by atoms with van der Waals surface area (Å²) in [7, 11) is 0. The molecule has 2 atom stereocenters. The molecule has 0 bridgehead atoms. The van der Waals surface area contributed by atoms with E-state index >= 15 is 0 Å². The summed E-state index contributed by atoms with van der Waals surface area (Å²) in [4.78, 5) is 17.3. The van der Waals surface area contributed by atoms with Gasteiger partial charge in [-0.15, -0.1) is 11.3 Å². The summed E-state index contributed by atoms with van der Waals surface area (Å²) in [6, 6.07) is 8.61. The van der Waals surface area contributed by atoms with Gasteiger partial charge in [-0.25, -0.2) is 4.39 Å². The van der Waals surface area contributed by atoms with E-state index in [0.29, 0.717) is 6.42 Å². The van der Waals surface area contributed by atoms with E-state index < -0.39 is 11.4 Å². The molecule has 5 nitrogen and oxygen atoms in total. The lowest BCUT2D eigenvalue weighted by molar-refractivity contribution is -0.290. The molecule has 3 aromatic rings. The summed E-state index contributed by atoms with van der Waals surface area (Å²) in [5, 5.41) is 2.03. The summed E-state index contributed by atoms with van der Waals surface area (Å²) in [6.45, 7) is 11.4. The number of benzene rings is 1. The number of fused-ring (bicyclic) bond motifs is 1. The van der Waals surface area contributed by atoms with Gasteiger partial charge in [-0.3, -0.25) is 9.78 Å². The first-order chi connectivity index (χ1) is 16.9. The van der Waals surface area contributed by atoms with Crippen LogP contribution in [0.2, 0.25) is 0 Å². The van der Waals surface area contributed by atoms with Crippen molar-refractivity contribution in [3.63, 3.8) is 0 Å². The molecule has 0 radical (unpaired) electrons. The SMILES string of the molecule is CCc1nc2ccsc2c(-c2ccc(F)cc2)c1/C=C/C1CC(CC(=O)OC(C)(C)C)OC(C)(C)O1. The highest BCUT2D eigenvalue weighted by molar-refractivity contribution is 7.17. The molecule has 2 aromatic heterocycles. The van der Waals surface area contributed by atoms with Gasteiger partial charge in [0.15, 0.2) is 5.79 Å². The van der Waals surface area contributed by atoms with Gasteiger partial charge < -0.3 is 14.2 Å². The molecule has 1 aliphatic rings. The summed E-state index contributed by atoms with van der Waals surface area (Å²) in [6.07, 6.45) is 4.94. The molecule has 3 heterocycles. The fourth-order valence-electron chi connectivity index (χ4n) is 4.57. The van der Waals surface area contributed by atoms with Gasteiger partial charge in [-0.1, -0.05) is 31.2 Å². The number of ether oxygens (including phenoxy) is 3. The number of aryl methyl sites for hydroxylation is 1. The van der Waals surface area contributed by atoms with Crippen molar-refractivity contribution in [1.82, 2.24) is 4.98 Å². The first-order valence-electron chi connectivity index (χ1n) is 12.4. The maximum absolute atomic E-state index is 13.7. The molecule has 192 valence electrons. The van der Waals surface area contributed by atoms with Crippen LogP contribution >= 0.6 is 11.3 Å². The van der Waals surface area contributed by atoms with Gasteiger partial charge in [0, 0.05) is 23.2 Å². The van der Waals surface area contributed by atoms with Gasteiger partial charge >= 0.3 is 5.97 Å². The van der Waals surface area contributed by atoms with Crippen LogP contribution in [0.25, 0.3) is 27.4 Å². The second-order valence-electron chi connectivity index (χ2n) is 10.5. The Bertz CT molecular complexity index is 1260. The normalized spacial score (nSPS) is 20.2. The third kappa shape index (κ3) is 6.38. The largest absolute Gasteiger partial charge is 0.460 e. The van der Waals surface area contributed by atoms with Crippen molar-refractivity contribution < 1.29 is 23.4 Å². The average Bonchev–Trinajstić information content (AvgIpc) is 3.23. The van der Waals surface area contributed by atoms with E-state index in [-0.39, 0.29) is 30.4 Å². The van der Waals surface area contributed by atoms with Crippen molar-refractivity contribution in [3.8, 4) is 11.1 Å². The number of aromatic nitrogens is 1. The molecule has 36 heavy (non-hydrogen) atoms. The fourth-order valence-corrected chi connectivity index (χ4v) is 5.48. The highest BCUT2D eigenvalue weighted by Crippen LogP contribution is 2.38. The van der Waals surface area contributed by atoms with Gasteiger partial charge in [0.2, 0.25) is 0 Å². The van der Waals surface area contributed by atoms with E-state index in [4.69, 9.17) is 19.2 Å². The Morgan fingerprint density at radius 1 is 1.22 bits per heavy atom. The summed E-state index contributed by atoms with van der Waals surface area (Å²) >= 11 is 1.63. The number of hydrogen-bond acceptors (Lipinski definition) is 6. The van der Waals surface area contributed by atoms with Gasteiger partial charge in [-0.2, -0.15) is 0 Å². The lowest BCUT2D eigenvalue weighted by atomic mass is 9.95. The van der Waals surface area contributed by atoms with E-state index in [9.17, 15) is 9.18 Å². The molecular formula is C29H34FNO4S. The van der Waals surface area contributed by atoms with Gasteiger partial charge in [0.1, 0.15) is 11.4 Å². The molecule has 1 aliphatic heterocycles. The maximum Gasteiger partial charge on any atom is 0.308 e. The zero-order valence-corrected chi connectivity index (χ0v) is 22.6. The van der Waals surface area contributed by atoms with Crippen LogP contribution in [0.15, 0.2) is 41.8 Å². The number of carbonyl (C=O) groups excluding carboxylic acids is 1. The summed E-state index contributed by atoms with van der Waals surface area (Å²) in [5.41, 5.74) is 4.34. The predicted octanol–water partition coefficient (Wildman–Crippen LogP) is 7.32. The molecule has 0 saturated carbocycles. The van der Waals surface area contributed by atoms with Crippen molar-refractivity contribution in [2.75, 3.05) is 0 Å². The Morgan fingerprint density at radius 2 is 1.94 bits per heavy atom. The number of carbonyl (C=O) groups is 1. The first kappa shape index (κ1) is 26.5. The quantitative estimate of drug-likeness (QED) is 0.325. The fraction of sp³-hybridized carbons (Fsp3) is 0.448. The first-order valence-corrected chi connectivity index (χ1v) is 13.2. The van der Waals surface area contributed by atoms with Crippen molar-refractivity contribution in [3.05, 3.63) is 58.9 Å². The predicted molar refractivity (Wildman–Crippen MR) is 142 cm³/mol. The molecule has 1 saturated heterocycles. The van der Waals surface area contributed by atoms with Gasteiger partial charge in [-0.05, 0) is 70.2 Å². The Balaban J connectivity index is 1.66. The van der Waals surface area contributed by atoms with E-state index in [1.54, 1.807) is 11.3 Å². The summed E-state index contributed by atoms with van der Waals surface area (Å²) in [5.74, 6) is -1.40. The molecule has 0 amide bonds. The minimum absolute atomic E-state index is 0.165. The van der Waals surface area contributed by atoms with Crippen molar-refractivity contribution in [1.29, 1.82) is 0 Å². The zero-order valence-electron chi connectivity index (χ0n) is 21.8. The van der Waals surface area contributed by atoms with Crippen LogP contribution in [-0.4, -0.2) is 34.5 Å². The second kappa shape index (κ2) is 10.4. The number of pyridine rings is 1. The third-order valence-electron chi connectivity index (χ3n) is 5.85. The Hall–Kier alpha value is -2.61. The molecule has 7 heteroatoms. The van der Waals surface area contributed by atoms with Crippen LogP contribution in [0.4, 0.5) is 4.39 Å². The van der Waals surface area contributed by atoms with E-state index in [1.165, 1.54) is 12.1 Å². The highest BCUT2D eigenvalue weighted by atomic mass is 32.1. The van der Waals surface area contributed by atoms with Crippen LogP contribution in [0.5, 0.6) is 0 Å². The van der Waals surface area contributed by atoms with Crippen LogP contribution in [0, 0.1) is 5.82 Å². The van der Waals surface area contributed by atoms with E-state index in [2.05, 4.69) is 13.0 Å². The summed E-state index contributed by atoms with van der Waals surface area (Å²) < 4.78 is 32.5. The number of halogens is 1. The second-order valence-corrected chi connectivity index (χ2v) is 11.4. The molecule has 0 aliphatic carbocycles. The number of hydrogen-bond donors (Lipinski definition) is 0. The van der Waals surface area contributed by atoms with Gasteiger partial charge in [0.05, 0.1) is 28.8 Å². The standard InChI is InChI=1S/C29H34FNO4S/c1-7-23-22(26(18-8-10-19(30)11-9-18)27-24(31-23)14-15-36-27)13-12-20-16-21(34-29(5,6)33-20)17-25(32)35-28(2,3)4/h8-15,20-21H,7,16-17H2,1-6H3/b13-12+. The molecule has 0 N–H and O–H groups in total. The molecule has 1 fully saturated rings. The van der Waals surface area contributed by atoms with E-state index in [1.807, 2.05) is 64.3 Å². The third-order valence-corrected chi connectivity index (χ3v) is 6.77. The lowest BCUT2D eigenvalue weighted by Crippen LogP contribution is -2.45. The zero-order chi connectivity index (χ0) is 26.1. The van der Waals surface area contributed by atoms with Crippen LogP contribution in [-0.2, 0) is 25.4 Å². The molecule has 4 rings (SSSR count). The topological polar surface area (TPSA) is 57.7 Å². The maximum atomic E-state index is 13.7. The lowest BCUT2D eigenvalue weighted by Gasteiger charge is -2.39. The number of rotatable bonds is 6. The molecular weight excluding hydrogens is 477 g/mol. The van der Waals surface area contributed by atoms with Gasteiger partial charge in [0.25, 0.3) is 0 Å². The van der Waals surface area contributed by atoms with E-state index in [0.717, 1.165) is 39.0 Å². The van der Waals surface area contributed by atoms with Crippen LogP contribution in [0.1, 0.15) is 65.6 Å². The number of thiophene rings is 1. The molecule has 0 spiro atoms. The molecule has 2 unspecified atom stereocenters. The van der Waals surface area contributed by atoms with Crippen molar-refractivity contribution in [2.24, 2.45) is 0 Å². The highest BCUT2D eigenvalue weighted by Gasteiger charge is 2.36. The minimum Gasteiger partial charge on any atom is -0.460 e. The smallest absolute Gasteiger partial charge is 0.308 e. The number of esters is 1. The van der Waals surface area contributed by atoms with Crippen molar-refractivity contribution in [2.45, 2.75) is 84.4 Å².